The van der Waals surface area contributed by atoms with Gasteiger partial charge in [-0.05, 0) is 48.6 Å². The fraction of sp³-hybridized carbons (Fsp3) is 0.333. The summed E-state index contributed by atoms with van der Waals surface area (Å²) in [5, 5.41) is 2.94. The molecule has 0 unspecified atom stereocenters. The highest BCUT2D eigenvalue weighted by Crippen LogP contribution is 2.37. The first-order valence-corrected chi connectivity index (χ1v) is 10.4. The van der Waals surface area contributed by atoms with Crippen LogP contribution in [0.4, 0.5) is 0 Å². The average molecular weight is 402 g/mol. The average Bonchev–Trinajstić information content (AvgIpc) is 2.80. The molecule has 2 aromatic heterocycles. The van der Waals surface area contributed by atoms with E-state index in [-0.39, 0.29) is 5.91 Å². The van der Waals surface area contributed by atoms with Gasteiger partial charge in [0.05, 0.1) is 5.41 Å². The molecular weight excluding hydrogens is 374 g/mol. The SMILES string of the molecule is CNC(=O)[C@@]1(Cc2ccccc2-c2cncnc2)CCCN(Cc2cccnc2)C1. The van der Waals surface area contributed by atoms with Crippen LogP contribution in [-0.4, -0.2) is 45.9 Å². The molecule has 0 saturated carbocycles. The summed E-state index contributed by atoms with van der Waals surface area (Å²) >= 11 is 0. The van der Waals surface area contributed by atoms with Crippen molar-refractivity contribution in [2.24, 2.45) is 5.41 Å². The van der Waals surface area contributed by atoms with Crippen LogP contribution in [0, 0.1) is 5.41 Å². The minimum absolute atomic E-state index is 0.109. The molecule has 3 aromatic rings. The summed E-state index contributed by atoms with van der Waals surface area (Å²) in [7, 11) is 1.74. The lowest BCUT2D eigenvalue weighted by atomic mass is 9.73. The van der Waals surface area contributed by atoms with Crippen molar-refractivity contribution in [3.8, 4) is 11.1 Å². The second-order valence-corrected chi connectivity index (χ2v) is 8.00. The quantitative estimate of drug-likeness (QED) is 0.687. The highest BCUT2D eigenvalue weighted by atomic mass is 16.2. The number of benzene rings is 1. The number of nitrogens with zero attached hydrogens (tertiary/aromatic N) is 4. The molecule has 6 nitrogen and oxygen atoms in total. The fourth-order valence-electron chi connectivity index (χ4n) is 4.55. The molecule has 3 heterocycles. The largest absolute Gasteiger partial charge is 0.359 e. The van der Waals surface area contributed by atoms with E-state index in [0.29, 0.717) is 6.42 Å². The standard InChI is InChI=1S/C24H27N5O/c1-25-23(30)24(9-5-11-29(17-24)16-19-6-4-10-26-13-19)12-20-7-2-3-8-22(20)21-14-27-18-28-15-21/h2-4,6-8,10,13-15,18H,5,9,11-12,16-17H2,1H3,(H,25,30)/t24-/m1/s1. The van der Waals surface area contributed by atoms with E-state index in [4.69, 9.17) is 0 Å². The summed E-state index contributed by atoms with van der Waals surface area (Å²) in [6, 6.07) is 12.3. The van der Waals surface area contributed by atoms with Gasteiger partial charge in [-0.3, -0.25) is 14.7 Å². The van der Waals surface area contributed by atoms with Crippen molar-refractivity contribution in [3.63, 3.8) is 0 Å². The Kier molecular flexibility index (Phi) is 6.14. The van der Waals surface area contributed by atoms with Gasteiger partial charge in [0, 0.05) is 50.5 Å². The summed E-state index contributed by atoms with van der Waals surface area (Å²) in [6.45, 7) is 2.52. The Morgan fingerprint density at radius 3 is 2.70 bits per heavy atom. The van der Waals surface area contributed by atoms with E-state index >= 15 is 0 Å². The van der Waals surface area contributed by atoms with Crippen LogP contribution in [-0.2, 0) is 17.8 Å². The molecular formula is C24H27N5O. The molecule has 1 atom stereocenters. The molecule has 1 aromatic carbocycles. The molecule has 0 spiro atoms. The fourth-order valence-corrected chi connectivity index (χ4v) is 4.55. The number of carbonyl (C=O) groups is 1. The Hall–Kier alpha value is -3.12. The molecule has 154 valence electrons. The lowest BCUT2D eigenvalue weighted by molar-refractivity contribution is -0.134. The number of nitrogens with one attached hydrogen (secondary N) is 1. The molecule has 1 aliphatic heterocycles. The smallest absolute Gasteiger partial charge is 0.227 e. The number of piperidine rings is 1. The van der Waals surface area contributed by atoms with Crippen molar-refractivity contribution in [1.82, 2.24) is 25.2 Å². The normalized spacial score (nSPS) is 19.4. The lowest BCUT2D eigenvalue weighted by Gasteiger charge is -2.42. The maximum absolute atomic E-state index is 13.2. The molecule has 0 aliphatic carbocycles. The summed E-state index contributed by atoms with van der Waals surface area (Å²) in [5.41, 5.74) is 3.92. The van der Waals surface area contributed by atoms with Gasteiger partial charge in [-0.2, -0.15) is 0 Å². The predicted octanol–water partition coefficient (Wildman–Crippen LogP) is 3.11. The lowest BCUT2D eigenvalue weighted by Crippen LogP contribution is -2.52. The maximum atomic E-state index is 13.2. The molecule has 6 heteroatoms. The number of aromatic nitrogens is 3. The van der Waals surface area contributed by atoms with Gasteiger partial charge in [0.25, 0.3) is 0 Å². The number of amides is 1. The van der Waals surface area contributed by atoms with Crippen LogP contribution in [0.15, 0.2) is 67.5 Å². The van der Waals surface area contributed by atoms with Crippen molar-refractivity contribution in [3.05, 3.63) is 78.6 Å². The number of hydrogen-bond donors (Lipinski definition) is 1. The van der Waals surface area contributed by atoms with Crippen LogP contribution in [0.5, 0.6) is 0 Å². The summed E-state index contributed by atoms with van der Waals surface area (Å²) in [4.78, 5) is 28.1. The molecule has 0 bridgehead atoms. The molecule has 1 amide bonds. The van der Waals surface area contributed by atoms with E-state index in [9.17, 15) is 4.79 Å². The summed E-state index contributed by atoms with van der Waals surface area (Å²) in [5.74, 6) is 0.109. The van der Waals surface area contributed by atoms with E-state index in [1.807, 2.05) is 36.8 Å². The minimum atomic E-state index is -0.471. The van der Waals surface area contributed by atoms with Gasteiger partial charge >= 0.3 is 0 Å². The van der Waals surface area contributed by atoms with Crippen molar-refractivity contribution in [2.45, 2.75) is 25.8 Å². The zero-order valence-electron chi connectivity index (χ0n) is 17.3. The second kappa shape index (κ2) is 9.13. The van der Waals surface area contributed by atoms with Gasteiger partial charge in [0.15, 0.2) is 0 Å². The van der Waals surface area contributed by atoms with E-state index in [2.05, 4.69) is 43.4 Å². The highest BCUT2D eigenvalue weighted by Gasteiger charge is 2.42. The number of hydrogen-bond acceptors (Lipinski definition) is 5. The molecule has 1 saturated heterocycles. The molecule has 30 heavy (non-hydrogen) atoms. The van der Waals surface area contributed by atoms with Crippen LogP contribution >= 0.6 is 0 Å². The number of rotatable bonds is 6. The number of carbonyl (C=O) groups excluding carboxylic acids is 1. The van der Waals surface area contributed by atoms with Gasteiger partial charge in [0.1, 0.15) is 6.33 Å². The van der Waals surface area contributed by atoms with Crippen molar-refractivity contribution < 1.29 is 4.79 Å². The van der Waals surface area contributed by atoms with E-state index in [1.165, 1.54) is 11.9 Å². The minimum Gasteiger partial charge on any atom is -0.359 e. The Morgan fingerprint density at radius 1 is 1.10 bits per heavy atom. The van der Waals surface area contributed by atoms with E-state index in [0.717, 1.165) is 49.2 Å². The third-order valence-corrected chi connectivity index (χ3v) is 5.91. The third-order valence-electron chi connectivity index (χ3n) is 5.91. The number of pyridine rings is 1. The molecule has 1 N–H and O–H groups in total. The van der Waals surface area contributed by atoms with Crippen molar-refractivity contribution in [2.75, 3.05) is 20.1 Å². The molecule has 1 fully saturated rings. The predicted molar refractivity (Wildman–Crippen MR) is 116 cm³/mol. The van der Waals surface area contributed by atoms with Crippen LogP contribution in [0.3, 0.4) is 0 Å². The summed E-state index contributed by atoms with van der Waals surface area (Å²) < 4.78 is 0. The first-order valence-electron chi connectivity index (χ1n) is 10.4. The summed E-state index contributed by atoms with van der Waals surface area (Å²) in [6.07, 6.45) is 11.4. The molecule has 1 aliphatic rings. The first-order chi connectivity index (χ1) is 14.7. The van der Waals surface area contributed by atoms with E-state index < -0.39 is 5.41 Å². The maximum Gasteiger partial charge on any atom is 0.227 e. The number of likely N-dealkylation sites (tertiary alicyclic amines) is 1. The zero-order valence-corrected chi connectivity index (χ0v) is 17.3. The van der Waals surface area contributed by atoms with Crippen LogP contribution in [0.25, 0.3) is 11.1 Å². The second-order valence-electron chi connectivity index (χ2n) is 8.00. The molecule has 0 radical (unpaired) electrons. The van der Waals surface area contributed by atoms with E-state index in [1.54, 1.807) is 13.2 Å². The Balaban J connectivity index is 1.63. The van der Waals surface area contributed by atoms with Gasteiger partial charge < -0.3 is 5.32 Å². The monoisotopic (exact) mass is 401 g/mol. The first kappa shape index (κ1) is 20.2. The Labute approximate surface area is 177 Å². The molecule has 4 rings (SSSR count). The Bertz CT molecular complexity index is 979. The van der Waals surface area contributed by atoms with Crippen LogP contribution in [0.2, 0.25) is 0 Å². The zero-order chi connectivity index (χ0) is 20.8. The third kappa shape index (κ3) is 4.39. The van der Waals surface area contributed by atoms with Crippen molar-refractivity contribution >= 4 is 5.91 Å². The highest BCUT2D eigenvalue weighted by molar-refractivity contribution is 5.83. The van der Waals surface area contributed by atoms with Gasteiger partial charge in [0.2, 0.25) is 5.91 Å². The van der Waals surface area contributed by atoms with Crippen LogP contribution in [0.1, 0.15) is 24.0 Å². The van der Waals surface area contributed by atoms with Crippen LogP contribution < -0.4 is 5.32 Å². The van der Waals surface area contributed by atoms with Gasteiger partial charge in [-0.25, -0.2) is 9.97 Å². The Morgan fingerprint density at radius 2 is 1.93 bits per heavy atom. The van der Waals surface area contributed by atoms with Gasteiger partial charge in [-0.1, -0.05) is 30.3 Å². The van der Waals surface area contributed by atoms with Crippen molar-refractivity contribution in [1.29, 1.82) is 0 Å². The van der Waals surface area contributed by atoms with Gasteiger partial charge in [-0.15, -0.1) is 0 Å². The topological polar surface area (TPSA) is 71.0 Å².